The molecular formula is C29H30ClF2N7O3. The number of carbonyl (C=O) groups excluding carboxylic acids is 1. The summed E-state index contributed by atoms with van der Waals surface area (Å²) in [7, 11) is 0. The Kier molecular flexibility index (Phi) is 8.57. The average molecular weight is 598 g/mol. The van der Waals surface area contributed by atoms with Crippen molar-refractivity contribution in [1.29, 1.82) is 0 Å². The molecule has 1 fully saturated rings. The third kappa shape index (κ3) is 6.30. The number of hydrazine groups is 1. The molecule has 2 unspecified atom stereocenters. The molecule has 1 aromatic heterocycles. The summed E-state index contributed by atoms with van der Waals surface area (Å²) in [5.74, 6) is -0.883. The Bertz CT molecular complexity index is 1500. The number of amides is 2. The number of halogens is 3. The van der Waals surface area contributed by atoms with Crippen molar-refractivity contribution in [3.05, 3.63) is 101 Å². The van der Waals surface area contributed by atoms with Crippen molar-refractivity contribution in [2.75, 3.05) is 36.1 Å². The number of hydrogen-bond acceptors (Lipinski definition) is 7. The van der Waals surface area contributed by atoms with Crippen molar-refractivity contribution in [2.24, 2.45) is 5.73 Å². The molecule has 3 aromatic carbocycles. The molecule has 0 saturated carbocycles. The largest absolute Gasteiger partial charge is 0.487 e. The fourth-order valence-electron chi connectivity index (χ4n) is 5.07. The van der Waals surface area contributed by atoms with E-state index in [1.54, 1.807) is 43.3 Å². The van der Waals surface area contributed by atoms with Crippen LogP contribution in [-0.4, -0.2) is 63.6 Å². The van der Waals surface area contributed by atoms with Crippen LogP contribution in [-0.2, 0) is 12.0 Å². The van der Waals surface area contributed by atoms with Crippen LogP contribution in [0.1, 0.15) is 18.3 Å². The molecule has 2 amide bonds. The SMILES string of the molecule is CC(Oc1ccc(N2CCN(N(C(N)=O)c3ccc(Cl)cc3)CC2)cc1)C(O)(Cc1ncn[nH]1)c1ccc(F)cc1F. The number of aromatic amines is 1. The zero-order valence-electron chi connectivity index (χ0n) is 22.8. The number of hydrogen-bond donors (Lipinski definition) is 3. The standard InChI is InChI=1S/C29H30ClF2N7O3/c1-19(29(41,17-27-34-18-35-36-27)25-11-4-21(31)16-26(25)32)42-24-9-7-22(8-10-24)37-12-14-38(15-13-37)39(28(33)40)23-5-2-20(30)3-6-23/h2-11,16,18-19,41H,12-15,17H2,1H3,(H2,33,40)(H,34,35,36). The average Bonchev–Trinajstić information content (AvgIpc) is 3.47. The van der Waals surface area contributed by atoms with Gasteiger partial charge in [-0.3, -0.25) is 5.10 Å². The van der Waals surface area contributed by atoms with E-state index in [4.69, 9.17) is 22.1 Å². The second-order valence-corrected chi connectivity index (χ2v) is 10.4. The second kappa shape index (κ2) is 12.3. The van der Waals surface area contributed by atoms with Crippen LogP contribution in [0.15, 0.2) is 73.1 Å². The number of nitrogens with one attached hydrogen (secondary N) is 1. The molecule has 220 valence electrons. The van der Waals surface area contributed by atoms with E-state index in [0.717, 1.165) is 17.8 Å². The molecule has 13 heteroatoms. The number of ether oxygens (including phenoxy) is 1. The lowest BCUT2D eigenvalue weighted by Gasteiger charge is -2.41. The third-order valence-electron chi connectivity index (χ3n) is 7.31. The fraction of sp³-hybridized carbons (Fsp3) is 0.276. The van der Waals surface area contributed by atoms with Crippen molar-refractivity contribution in [2.45, 2.75) is 25.0 Å². The normalized spacial score (nSPS) is 16.1. The number of piperazine rings is 1. The number of nitrogens with two attached hydrogens (primary N) is 1. The third-order valence-corrected chi connectivity index (χ3v) is 7.56. The highest BCUT2D eigenvalue weighted by atomic mass is 35.5. The van der Waals surface area contributed by atoms with Gasteiger partial charge in [-0.1, -0.05) is 17.7 Å². The van der Waals surface area contributed by atoms with Gasteiger partial charge in [-0.25, -0.2) is 28.6 Å². The number of urea groups is 1. The quantitative estimate of drug-likeness (QED) is 0.263. The first-order valence-electron chi connectivity index (χ1n) is 13.3. The molecule has 2 heterocycles. The van der Waals surface area contributed by atoms with Crippen LogP contribution in [0.3, 0.4) is 0 Å². The van der Waals surface area contributed by atoms with Gasteiger partial charge in [0.25, 0.3) is 0 Å². The summed E-state index contributed by atoms with van der Waals surface area (Å²) in [6.45, 7) is 3.98. The van der Waals surface area contributed by atoms with Crippen LogP contribution < -0.4 is 20.4 Å². The van der Waals surface area contributed by atoms with Crippen LogP contribution >= 0.6 is 11.6 Å². The molecule has 42 heavy (non-hydrogen) atoms. The predicted octanol–water partition coefficient (Wildman–Crippen LogP) is 4.26. The Morgan fingerprint density at radius 2 is 1.81 bits per heavy atom. The summed E-state index contributed by atoms with van der Waals surface area (Å²) in [6, 6.07) is 16.6. The molecule has 1 aliphatic heterocycles. The van der Waals surface area contributed by atoms with Crippen LogP contribution in [0.5, 0.6) is 5.75 Å². The van der Waals surface area contributed by atoms with Gasteiger partial charge in [0.2, 0.25) is 0 Å². The molecule has 5 rings (SSSR count). The van der Waals surface area contributed by atoms with Gasteiger partial charge in [-0.2, -0.15) is 5.10 Å². The second-order valence-electron chi connectivity index (χ2n) is 9.98. The number of anilines is 2. The number of primary amides is 1. The van der Waals surface area contributed by atoms with Gasteiger partial charge >= 0.3 is 6.03 Å². The van der Waals surface area contributed by atoms with Crippen molar-refractivity contribution in [3.8, 4) is 5.75 Å². The topological polar surface area (TPSA) is 124 Å². The Morgan fingerprint density at radius 1 is 1.12 bits per heavy atom. The molecule has 0 bridgehead atoms. The minimum absolute atomic E-state index is 0.120. The smallest absolute Gasteiger partial charge is 0.334 e. The van der Waals surface area contributed by atoms with E-state index in [-0.39, 0.29) is 12.0 Å². The number of rotatable bonds is 9. The van der Waals surface area contributed by atoms with Gasteiger partial charge in [0.05, 0.1) is 5.69 Å². The fourth-order valence-corrected chi connectivity index (χ4v) is 5.20. The predicted molar refractivity (Wildman–Crippen MR) is 154 cm³/mol. The first-order chi connectivity index (χ1) is 20.1. The Labute approximate surface area is 246 Å². The highest BCUT2D eigenvalue weighted by Gasteiger charge is 2.41. The zero-order valence-corrected chi connectivity index (χ0v) is 23.5. The maximum Gasteiger partial charge on any atom is 0.334 e. The number of carbonyl (C=O) groups is 1. The molecular weight excluding hydrogens is 568 g/mol. The van der Waals surface area contributed by atoms with Crippen molar-refractivity contribution in [3.63, 3.8) is 0 Å². The Morgan fingerprint density at radius 3 is 2.40 bits per heavy atom. The molecule has 2 atom stereocenters. The van der Waals surface area contributed by atoms with Crippen LogP contribution in [0.2, 0.25) is 5.02 Å². The molecule has 4 N–H and O–H groups in total. The molecule has 1 saturated heterocycles. The lowest BCUT2D eigenvalue weighted by Crippen LogP contribution is -2.57. The van der Waals surface area contributed by atoms with Gasteiger partial charge in [-0.05, 0) is 61.5 Å². The zero-order chi connectivity index (χ0) is 29.9. The highest BCUT2D eigenvalue weighted by molar-refractivity contribution is 6.30. The number of H-pyrrole nitrogens is 1. The molecule has 10 nitrogen and oxygen atoms in total. The van der Waals surface area contributed by atoms with Crippen molar-refractivity contribution in [1.82, 2.24) is 20.2 Å². The number of benzene rings is 3. The molecule has 4 aromatic rings. The van der Waals surface area contributed by atoms with E-state index in [0.29, 0.717) is 48.5 Å². The number of nitrogens with zero attached hydrogens (tertiary/aromatic N) is 5. The first-order valence-corrected chi connectivity index (χ1v) is 13.7. The Balaban J connectivity index is 1.26. The summed E-state index contributed by atoms with van der Waals surface area (Å²) in [6.07, 6.45) is 0.186. The lowest BCUT2D eigenvalue weighted by molar-refractivity contribution is -0.0625. The first kappa shape index (κ1) is 29.2. The van der Waals surface area contributed by atoms with Gasteiger partial charge in [0, 0.05) is 54.9 Å². The summed E-state index contributed by atoms with van der Waals surface area (Å²) in [5.41, 5.74) is 5.25. The summed E-state index contributed by atoms with van der Waals surface area (Å²) in [5, 5.41) is 22.1. The monoisotopic (exact) mass is 597 g/mol. The van der Waals surface area contributed by atoms with Crippen LogP contribution in [0.4, 0.5) is 25.0 Å². The molecule has 0 spiro atoms. The number of aliphatic hydroxyl groups is 1. The minimum atomic E-state index is -1.89. The van der Waals surface area contributed by atoms with E-state index in [1.165, 1.54) is 17.4 Å². The lowest BCUT2D eigenvalue weighted by atomic mass is 9.85. The van der Waals surface area contributed by atoms with E-state index in [1.807, 2.05) is 17.1 Å². The van der Waals surface area contributed by atoms with Crippen LogP contribution in [0, 0.1) is 11.6 Å². The molecule has 1 aliphatic rings. The van der Waals surface area contributed by atoms with Gasteiger partial charge in [-0.15, -0.1) is 0 Å². The van der Waals surface area contributed by atoms with E-state index < -0.39 is 29.4 Å². The van der Waals surface area contributed by atoms with Gasteiger partial charge < -0.3 is 20.5 Å². The number of aromatic nitrogens is 3. The summed E-state index contributed by atoms with van der Waals surface area (Å²) in [4.78, 5) is 18.4. The maximum absolute atomic E-state index is 14.8. The highest BCUT2D eigenvalue weighted by Crippen LogP contribution is 2.34. The molecule has 0 radical (unpaired) electrons. The summed E-state index contributed by atoms with van der Waals surface area (Å²) < 4.78 is 34.5. The molecule has 0 aliphatic carbocycles. The summed E-state index contributed by atoms with van der Waals surface area (Å²) >= 11 is 5.99. The van der Waals surface area contributed by atoms with Gasteiger partial charge in [0.1, 0.15) is 41.2 Å². The maximum atomic E-state index is 14.8. The van der Waals surface area contributed by atoms with Gasteiger partial charge in [0.15, 0.2) is 0 Å². The van der Waals surface area contributed by atoms with Crippen molar-refractivity contribution < 1.29 is 23.4 Å². The van der Waals surface area contributed by atoms with E-state index in [9.17, 15) is 18.7 Å². The van der Waals surface area contributed by atoms with E-state index >= 15 is 0 Å². The Hall–Kier alpha value is -4.26. The van der Waals surface area contributed by atoms with Crippen molar-refractivity contribution >= 4 is 29.0 Å². The van der Waals surface area contributed by atoms with Crippen LogP contribution in [0.25, 0.3) is 0 Å². The minimum Gasteiger partial charge on any atom is -0.487 e. The van der Waals surface area contributed by atoms with E-state index in [2.05, 4.69) is 20.1 Å².